The average molecular weight is 624 g/mol. The van der Waals surface area contributed by atoms with Gasteiger partial charge in [0, 0.05) is 0 Å². The molecular formula is C22H18F18. The van der Waals surface area contributed by atoms with Gasteiger partial charge in [-0.25, -0.2) is 4.39 Å². The van der Waals surface area contributed by atoms with E-state index in [4.69, 9.17) is 0 Å². The van der Waals surface area contributed by atoms with Gasteiger partial charge in [0.25, 0.3) is 0 Å². The van der Waals surface area contributed by atoms with Crippen LogP contribution in [0.2, 0.25) is 0 Å². The van der Waals surface area contributed by atoms with Crippen LogP contribution in [0.15, 0.2) is 18.2 Å². The zero-order valence-electron chi connectivity index (χ0n) is 19.7. The third-order valence-corrected chi connectivity index (χ3v) is 6.95. The van der Waals surface area contributed by atoms with Crippen LogP contribution in [0, 0.1) is 11.7 Å². The van der Waals surface area contributed by atoms with Gasteiger partial charge in [0.1, 0.15) is 5.82 Å². The molecule has 1 fully saturated rings. The lowest BCUT2D eigenvalue weighted by atomic mass is 9.77. The molecule has 0 unspecified atom stereocenters. The molecular weight excluding hydrogens is 606 g/mol. The normalized spacial score (nSPS) is 21.1. The minimum Gasteiger partial charge on any atom is -0.206 e. The van der Waals surface area contributed by atoms with Gasteiger partial charge < -0.3 is 0 Å². The lowest BCUT2D eigenvalue weighted by molar-refractivity contribution is -0.462. The molecule has 1 aromatic carbocycles. The van der Waals surface area contributed by atoms with E-state index in [-0.39, 0.29) is 23.6 Å². The SMILES string of the molecule is CCC1CCC(c2ccc(C(F)(F)C(F)(F)C(F)(F)C(F)(F)C(F)(F)C(F)(F)C(F)(F)C(F)(F)F)c(F)c2)CC1. The lowest BCUT2D eigenvalue weighted by Gasteiger charge is -2.42. The van der Waals surface area contributed by atoms with E-state index in [2.05, 4.69) is 0 Å². The van der Waals surface area contributed by atoms with Crippen LogP contribution in [0.25, 0.3) is 0 Å². The highest BCUT2D eigenvalue weighted by Gasteiger charge is 2.95. The van der Waals surface area contributed by atoms with Crippen LogP contribution in [0.4, 0.5) is 79.0 Å². The molecule has 0 aliphatic heterocycles. The summed E-state index contributed by atoms with van der Waals surface area (Å²) >= 11 is 0. The second-order valence-electron chi connectivity index (χ2n) is 9.38. The number of alkyl halides is 17. The van der Waals surface area contributed by atoms with E-state index in [0.717, 1.165) is 6.42 Å². The fraction of sp³-hybridized carbons (Fsp3) is 0.727. The Morgan fingerprint density at radius 1 is 0.575 bits per heavy atom. The third-order valence-electron chi connectivity index (χ3n) is 6.95. The van der Waals surface area contributed by atoms with Crippen LogP contribution in [0.5, 0.6) is 0 Å². The van der Waals surface area contributed by atoms with E-state index in [9.17, 15) is 79.0 Å². The van der Waals surface area contributed by atoms with Crippen molar-refractivity contribution in [3.05, 3.63) is 35.1 Å². The quantitative estimate of drug-likeness (QED) is 0.240. The highest BCUT2D eigenvalue weighted by Crippen LogP contribution is 2.65. The second-order valence-corrected chi connectivity index (χ2v) is 9.38. The lowest BCUT2D eigenvalue weighted by Crippen LogP contribution is -2.74. The first-order valence-corrected chi connectivity index (χ1v) is 11.2. The van der Waals surface area contributed by atoms with Crippen molar-refractivity contribution in [2.24, 2.45) is 5.92 Å². The largest absolute Gasteiger partial charge is 0.460 e. The van der Waals surface area contributed by atoms with E-state index in [1.165, 1.54) is 0 Å². The van der Waals surface area contributed by atoms with E-state index in [1.807, 2.05) is 6.92 Å². The fourth-order valence-corrected chi connectivity index (χ4v) is 4.28. The summed E-state index contributed by atoms with van der Waals surface area (Å²) in [5, 5.41) is 0. The van der Waals surface area contributed by atoms with Crippen LogP contribution in [0.1, 0.15) is 56.1 Å². The van der Waals surface area contributed by atoms with Crippen LogP contribution in [-0.4, -0.2) is 41.7 Å². The van der Waals surface area contributed by atoms with Crippen molar-refractivity contribution in [1.82, 2.24) is 0 Å². The molecule has 232 valence electrons. The second kappa shape index (κ2) is 10.1. The monoisotopic (exact) mass is 624 g/mol. The predicted molar refractivity (Wildman–Crippen MR) is 101 cm³/mol. The van der Waals surface area contributed by atoms with E-state index >= 15 is 0 Å². The van der Waals surface area contributed by atoms with Crippen molar-refractivity contribution in [1.29, 1.82) is 0 Å². The van der Waals surface area contributed by atoms with Crippen molar-refractivity contribution in [2.45, 2.75) is 92.6 Å². The summed E-state index contributed by atoms with van der Waals surface area (Å²) < 4.78 is 243. The first-order valence-electron chi connectivity index (χ1n) is 11.2. The first-order chi connectivity index (χ1) is 17.7. The number of rotatable bonds is 9. The molecule has 2 rings (SSSR count). The summed E-state index contributed by atoms with van der Waals surface area (Å²) in [4.78, 5) is 0. The molecule has 0 amide bonds. The Morgan fingerprint density at radius 2 is 0.975 bits per heavy atom. The zero-order chi connectivity index (χ0) is 31.5. The summed E-state index contributed by atoms with van der Waals surface area (Å²) in [6, 6.07) is 0.394. The molecule has 0 N–H and O–H groups in total. The van der Waals surface area contributed by atoms with Crippen molar-refractivity contribution >= 4 is 0 Å². The smallest absolute Gasteiger partial charge is 0.206 e. The van der Waals surface area contributed by atoms with Gasteiger partial charge in [0.05, 0.1) is 5.56 Å². The predicted octanol–water partition coefficient (Wildman–Crippen LogP) is 9.98. The maximum atomic E-state index is 14.4. The zero-order valence-corrected chi connectivity index (χ0v) is 19.7. The standard InChI is InChI=1S/C22H18F18/c1-2-10-3-5-11(6-4-10)12-7-8-13(14(23)9-12)15(24,25)16(26,27)17(28,29)18(30,31)19(32,33)20(34,35)21(36,37)22(38,39)40/h7-11H,2-6H2,1H3. The Kier molecular flexibility index (Phi) is 8.58. The summed E-state index contributed by atoms with van der Waals surface area (Å²) in [5.41, 5.74) is -2.91. The molecule has 1 aromatic rings. The van der Waals surface area contributed by atoms with Gasteiger partial charge in [-0.05, 0) is 55.2 Å². The van der Waals surface area contributed by atoms with Crippen LogP contribution < -0.4 is 0 Å². The number of hydrogen-bond donors (Lipinski definition) is 0. The summed E-state index contributed by atoms with van der Waals surface area (Å²) in [7, 11) is 0. The summed E-state index contributed by atoms with van der Waals surface area (Å²) in [6.45, 7) is 1.86. The Labute approximate surface area is 213 Å². The van der Waals surface area contributed by atoms with Gasteiger partial charge in [-0.1, -0.05) is 19.4 Å². The van der Waals surface area contributed by atoms with Crippen molar-refractivity contribution in [2.75, 3.05) is 0 Å². The van der Waals surface area contributed by atoms with Crippen LogP contribution in [0.3, 0.4) is 0 Å². The molecule has 40 heavy (non-hydrogen) atoms. The Morgan fingerprint density at radius 3 is 1.35 bits per heavy atom. The molecule has 0 aromatic heterocycles. The Bertz CT molecular complexity index is 1050. The minimum absolute atomic E-state index is 0.118. The molecule has 0 atom stereocenters. The van der Waals surface area contributed by atoms with E-state index in [0.29, 0.717) is 31.7 Å². The van der Waals surface area contributed by atoms with Gasteiger partial charge in [-0.2, -0.15) is 74.6 Å². The summed E-state index contributed by atoms with van der Waals surface area (Å²) in [5.74, 6) is -60.3. The molecule has 0 radical (unpaired) electrons. The molecule has 1 saturated carbocycles. The van der Waals surface area contributed by atoms with Gasteiger partial charge in [-0.3, -0.25) is 0 Å². The molecule has 0 spiro atoms. The maximum Gasteiger partial charge on any atom is 0.460 e. The maximum absolute atomic E-state index is 14.4. The highest BCUT2D eigenvalue weighted by molar-refractivity contribution is 5.33. The Balaban J connectivity index is 2.54. The third kappa shape index (κ3) is 4.77. The molecule has 0 heterocycles. The molecule has 18 heteroatoms. The topological polar surface area (TPSA) is 0 Å². The average Bonchev–Trinajstić information content (AvgIpc) is 2.82. The molecule has 1 aliphatic rings. The van der Waals surface area contributed by atoms with E-state index < -0.39 is 64.9 Å². The molecule has 1 aliphatic carbocycles. The first kappa shape index (κ1) is 34.2. The minimum atomic E-state index is -8.72. The number of benzene rings is 1. The molecule has 0 bridgehead atoms. The molecule has 0 saturated heterocycles. The number of halogens is 18. The van der Waals surface area contributed by atoms with Crippen molar-refractivity contribution < 1.29 is 79.0 Å². The van der Waals surface area contributed by atoms with Gasteiger partial charge in [-0.15, -0.1) is 0 Å². The number of hydrogen-bond acceptors (Lipinski definition) is 0. The van der Waals surface area contributed by atoms with Crippen LogP contribution in [-0.2, 0) is 5.92 Å². The van der Waals surface area contributed by atoms with Gasteiger partial charge in [0.15, 0.2) is 0 Å². The van der Waals surface area contributed by atoms with Gasteiger partial charge in [0.2, 0.25) is 0 Å². The van der Waals surface area contributed by atoms with Crippen molar-refractivity contribution in [3.63, 3.8) is 0 Å². The van der Waals surface area contributed by atoms with Crippen molar-refractivity contribution in [3.8, 4) is 0 Å². The highest BCUT2D eigenvalue weighted by atomic mass is 19.4. The molecule has 0 nitrogen and oxygen atoms in total. The summed E-state index contributed by atoms with van der Waals surface area (Å²) in [6.07, 6.45) is -5.21. The van der Waals surface area contributed by atoms with Gasteiger partial charge >= 0.3 is 47.6 Å². The Hall–Kier alpha value is -2.04. The van der Waals surface area contributed by atoms with E-state index in [1.54, 1.807) is 0 Å². The van der Waals surface area contributed by atoms with Crippen LogP contribution >= 0.6 is 0 Å². The fourth-order valence-electron chi connectivity index (χ4n) is 4.28.